The molecule has 3 rings (SSSR count). The summed E-state index contributed by atoms with van der Waals surface area (Å²) in [5, 5.41) is 3.23. The third-order valence-corrected chi connectivity index (χ3v) is 5.07. The van der Waals surface area contributed by atoms with E-state index in [0.717, 1.165) is 5.56 Å². The van der Waals surface area contributed by atoms with Gasteiger partial charge >= 0.3 is 0 Å². The molecule has 2 unspecified atom stereocenters. The zero-order valence-electron chi connectivity index (χ0n) is 14.9. The predicted molar refractivity (Wildman–Crippen MR) is 98.4 cm³/mol. The van der Waals surface area contributed by atoms with Crippen LogP contribution < -0.4 is 10.1 Å². The highest BCUT2D eigenvalue weighted by Gasteiger charge is 2.29. The number of carbonyl (C=O) groups excluding carboxylic acids is 1. The lowest BCUT2D eigenvalue weighted by molar-refractivity contribution is 0.0880. The van der Waals surface area contributed by atoms with Gasteiger partial charge in [-0.15, -0.1) is 0 Å². The second-order valence-corrected chi connectivity index (χ2v) is 7.06. The van der Waals surface area contributed by atoms with Crippen molar-refractivity contribution in [3.63, 3.8) is 0 Å². The van der Waals surface area contributed by atoms with Gasteiger partial charge in [0.2, 0.25) is 0 Å². The van der Waals surface area contributed by atoms with Gasteiger partial charge in [0.25, 0.3) is 5.91 Å². The summed E-state index contributed by atoms with van der Waals surface area (Å²) in [7, 11) is 0. The Morgan fingerprint density at radius 2 is 2.00 bits per heavy atom. The highest BCUT2D eigenvalue weighted by Crippen LogP contribution is 2.29. The van der Waals surface area contributed by atoms with Gasteiger partial charge in [-0.05, 0) is 48.9 Å². The summed E-state index contributed by atoms with van der Waals surface area (Å²) < 4.78 is 5.80. The Morgan fingerprint density at radius 3 is 2.72 bits per heavy atom. The van der Waals surface area contributed by atoms with Crippen LogP contribution in [-0.2, 0) is 6.61 Å². The molecule has 1 saturated carbocycles. The number of aromatic nitrogens is 1. The fraction of sp³-hybridized carbons (Fsp3) is 0.429. The second-order valence-electron chi connectivity index (χ2n) is 7.06. The summed E-state index contributed by atoms with van der Waals surface area (Å²) in [5.41, 5.74) is 1.65. The predicted octanol–water partition coefficient (Wildman–Crippen LogP) is 4.22. The van der Waals surface area contributed by atoms with Crippen LogP contribution >= 0.6 is 0 Å². The molecule has 2 aromatic rings. The van der Waals surface area contributed by atoms with E-state index >= 15 is 0 Å². The monoisotopic (exact) mass is 338 g/mol. The summed E-state index contributed by atoms with van der Waals surface area (Å²) in [6.07, 6.45) is 7.14. The number of hydrogen-bond donors (Lipinski definition) is 1. The van der Waals surface area contributed by atoms with E-state index in [2.05, 4.69) is 24.1 Å². The molecule has 0 spiro atoms. The maximum Gasteiger partial charge on any atom is 0.251 e. The second kappa shape index (κ2) is 8.15. The van der Waals surface area contributed by atoms with Crippen LogP contribution in [0.3, 0.4) is 0 Å². The van der Waals surface area contributed by atoms with Gasteiger partial charge in [0.05, 0.1) is 0 Å². The molecule has 0 aliphatic heterocycles. The van der Waals surface area contributed by atoms with Gasteiger partial charge < -0.3 is 10.1 Å². The van der Waals surface area contributed by atoms with E-state index in [-0.39, 0.29) is 11.9 Å². The fourth-order valence-electron chi connectivity index (χ4n) is 3.58. The van der Waals surface area contributed by atoms with Crippen molar-refractivity contribution in [2.75, 3.05) is 0 Å². The lowest BCUT2D eigenvalue weighted by Crippen LogP contribution is -2.45. The van der Waals surface area contributed by atoms with E-state index in [1.807, 2.05) is 36.4 Å². The highest BCUT2D eigenvalue weighted by atomic mass is 16.5. The number of rotatable bonds is 5. The summed E-state index contributed by atoms with van der Waals surface area (Å²) >= 11 is 0. The standard InChI is InChI=1S/C21H26N2O2/c1-15-6-3-7-16(2)20(15)23-21(24)18-9-4-10-19(12-18)25-14-17-8-5-11-22-13-17/h4-5,8-13,15-16,20H,3,6-7,14H2,1-2H3,(H,23,24). The summed E-state index contributed by atoms with van der Waals surface area (Å²) in [6.45, 7) is 4.90. The highest BCUT2D eigenvalue weighted by molar-refractivity contribution is 5.94. The first-order valence-corrected chi connectivity index (χ1v) is 9.06. The van der Waals surface area contributed by atoms with Gasteiger partial charge in [-0.2, -0.15) is 0 Å². The number of hydrogen-bond acceptors (Lipinski definition) is 3. The maximum atomic E-state index is 12.7. The minimum atomic E-state index is -0.0163. The maximum absolute atomic E-state index is 12.7. The van der Waals surface area contributed by atoms with Crippen LogP contribution in [0.4, 0.5) is 0 Å². The van der Waals surface area contributed by atoms with Crippen LogP contribution in [-0.4, -0.2) is 16.9 Å². The molecule has 4 heteroatoms. The Balaban J connectivity index is 1.63. The Labute approximate surface area is 149 Å². The molecular weight excluding hydrogens is 312 g/mol. The first-order valence-electron chi connectivity index (χ1n) is 9.06. The molecule has 2 atom stereocenters. The van der Waals surface area contributed by atoms with E-state index in [1.54, 1.807) is 12.4 Å². The summed E-state index contributed by atoms with van der Waals surface area (Å²) in [5.74, 6) is 1.73. The zero-order chi connectivity index (χ0) is 17.6. The van der Waals surface area contributed by atoms with Crippen molar-refractivity contribution >= 4 is 5.91 Å². The van der Waals surface area contributed by atoms with Crippen molar-refractivity contribution in [3.05, 3.63) is 59.9 Å². The SMILES string of the molecule is CC1CCCC(C)C1NC(=O)c1cccc(OCc2cccnc2)c1. The van der Waals surface area contributed by atoms with E-state index in [9.17, 15) is 4.79 Å². The largest absolute Gasteiger partial charge is 0.489 e. The number of nitrogens with one attached hydrogen (secondary N) is 1. The quantitative estimate of drug-likeness (QED) is 0.888. The van der Waals surface area contributed by atoms with Gasteiger partial charge in [-0.3, -0.25) is 9.78 Å². The molecule has 0 bridgehead atoms. The summed E-state index contributed by atoms with van der Waals surface area (Å²) in [4.78, 5) is 16.7. The van der Waals surface area contributed by atoms with Crippen molar-refractivity contribution in [1.29, 1.82) is 0 Å². The Bertz CT molecular complexity index is 692. The van der Waals surface area contributed by atoms with Gasteiger partial charge in [0.15, 0.2) is 0 Å². The molecule has 1 N–H and O–H groups in total. The number of amides is 1. The minimum Gasteiger partial charge on any atom is -0.489 e. The number of pyridine rings is 1. The van der Waals surface area contributed by atoms with Crippen LogP contribution in [0.1, 0.15) is 49.0 Å². The number of nitrogens with zero attached hydrogens (tertiary/aromatic N) is 1. The molecule has 0 radical (unpaired) electrons. The topological polar surface area (TPSA) is 51.2 Å². The smallest absolute Gasteiger partial charge is 0.251 e. The molecule has 1 amide bonds. The van der Waals surface area contributed by atoms with Crippen molar-refractivity contribution in [3.8, 4) is 5.75 Å². The molecule has 1 aliphatic carbocycles. The van der Waals surface area contributed by atoms with Crippen molar-refractivity contribution in [2.45, 2.75) is 45.8 Å². The molecule has 25 heavy (non-hydrogen) atoms. The molecule has 132 valence electrons. The van der Waals surface area contributed by atoms with E-state index in [1.165, 1.54) is 19.3 Å². The van der Waals surface area contributed by atoms with Gasteiger partial charge in [-0.1, -0.05) is 32.4 Å². The lowest BCUT2D eigenvalue weighted by atomic mass is 9.78. The first-order chi connectivity index (χ1) is 12.1. The van der Waals surface area contributed by atoms with Gasteiger partial charge in [-0.25, -0.2) is 0 Å². The zero-order valence-corrected chi connectivity index (χ0v) is 14.9. The Kier molecular flexibility index (Phi) is 5.69. The molecule has 4 nitrogen and oxygen atoms in total. The lowest BCUT2D eigenvalue weighted by Gasteiger charge is -2.35. The normalized spacial score (nSPS) is 23.0. The van der Waals surface area contributed by atoms with Crippen LogP contribution in [0.15, 0.2) is 48.8 Å². The van der Waals surface area contributed by atoms with Crippen molar-refractivity contribution in [2.24, 2.45) is 11.8 Å². The van der Waals surface area contributed by atoms with Gasteiger partial charge in [0, 0.05) is 29.6 Å². The van der Waals surface area contributed by atoms with E-state index in [0.29, 0.717) is 29.8 Å². The van der Waals surface area contributed by atoms with E-state index < -0.39 is 0 Å². The first kappa shape index (κ1) is 17.5. The molecule has 1 aromatic heterocycles. The van der Waals surface area contributed by atoms with Crippen LogP contribution in [0.25, 0.3) is 0 Å². The number of ether oxygens (including phenoxy) is 1. The molecule has 1 fully saturated rings. The summed E-state index contributed by atoms with van der Waals surface area (Å²) in [6, 6.07) is 11.5. The number of carbonyl (C=O) groups is 1. The van der Waals surface area contributed by atoms with Crippen molar-refractivity contribution < 1.29 is 9.53 Å². The minimum absolute atomic E-state index is 0.0163. The Morgan fingerprint density at radius 1 is 1.20 bits per heavy atom. The van der Waals surface area contributed by atoms with Crippen molar-refractivity contribution in [1.82, 2.24) is 10.3 Å². The third-order valence-electron chi connectivity index (χ3n) is 5.07. The molecule has 0 saturated heterocycles. The molecule has 1 heterocycles. The third kappa shape index (κ3) is 4.59. The Hall–Kier alpha value is -2.36. The average Bonchev–Trinajstić information content (AvgIpc) is 2.64. The fourth-order valence-corrected chi connectivity index (χ4v) is 3.58. The average molecular weight is 338 g/mol. The number of benzene rings is 1. The van der Waals surface area contributed by atoms with Crippen LogP contribution in [0.2, 0.25) is 0 Å². The van der Waals surface area contributed by atoms with Crippen LogP contribution in [0, 0.1) is 11.8 Å². The van der Waals surface area contributed by atoms with Gasteiger partial charge in [0.1, 0.15) is 12.4 Å². The molecule has 1 aromatic carbocycles. The van der Waals surface area contributed by atoms with E-state index in [4.69, 9.17) is 4.74 Å². The molecular formula is C21H26N2O2. The molecule has 1 aliphatic rings. The van der Waals surface area contributed by atoms with Crippen LogP contribution in [0.5, 0.6) is 5.75 Å².